The van der Waals surface area contributed by atoms with Crippen LogP contribution >= 0.6 is 15.9 Å². The second-order valence-electron chi connectivity index (χ2n) is 8.74. The molecule has 1 aromatic rings. The fourth-order valence-electron chi connectivity index (χ4n) is 5.91. The Kier molecular flexibility index (Phi) is 5.40. The standard InChI is InChI=1S/C20H22BrF2NO6/c1-28-15-3-13(14(24(26)27)4-16(15)30-18(22)23)9-29-17(25)19-5-11-2-12(6-19)8-20(21,7-11)10-19/h3-4,11-12,18H,2,5-10H2,1H3. The van der Waals surface area contributed by atoms with Gasteiger partial charge in [0.05, 0.1) is 29.1 Å². The zero-order chi connectivity index (χ0) is 21.7. The molecule has 4 aliphatic rings. The van der Waals surface area contributed by atoms with E-state index in [2.05, 4.69) is 20.7 Å². The van der Waals surface area contributed by atoms with Crippen LogP contribution in [0.25, 0.3) is 0 Å². The van der Waals surface area contributed by atoms with Gasteiger partial charge >= 0.3 is 12.6 Å². The molecule has 0 aliphatic heterocycles. The highest BCUT2D eigenvalue weighted by Crippen LogP contribution is 2.64. The summed E-state index contributed by atoms with van der Waals surface area (Å²) in [6.07, 6.45) is 5.53. The molecule has 0 spiro atoms. The minimum absolute atomic E-state index is 0.0282. The van der Waals surface area contributed by atoms with Crippen molar-refractivity contribution in [2.24, 2.45) is 17.3 Å². The molecule has 0 amide bonds. The molecule has 30 heavy (non-hydrogen) atoms. The number of ether oxygens (including phenoxy) is 3. The minimum Gasteiger partial charge on any atom is -0.493 e. The molecule has 2 atom stereocenters. The summed E-state index contributed by atoms with van der Waals surface area (Å²) < 4.78 is 40.0. The average Bonchev–Trinajstić information content (AvgIpc) is 2.63. The summed E-state index contributed by atoms with van der Waals surface area (Å²) in [7, 11) is 1.24. The lowest BCUT2D eigenvalue weighted by Gasteiger charge is -2.58. The fourth-order valence-corrected chi connectivity index (χ4v) is 7.36. The Labute approximate surface area is 180 Å². The summed E-state index contributed by atoms with van der Waals surface area (Å²) >= 11 is 3.85. The number of alkyl halides is 3. The number of nitro benzene ring substituents is 1. The third kappa shape index (κ3) is 3.86. The lowest BCUT2D eigenvalue weighted by atomic mass is 9.49. The number of carbonyl (C=O) groups excluding carboxylic acids is 1. The van der Waals surface area contributed by atoms with E-state index in [1.54, 1.807) is 0 Å². The van der Waals surface area contributed by atoms with Crippen molar-refractivity contribution >= 4 is 27.6 Å². The second-order valence-corrected chi connectivity index (χ2v) is 10.4. The number of methoxy groups -OCH3 is 1. The van der Waals surface area contributed by atoms with Gasteiger partial charge in [-0.2, -0.15) is 8.78 Å². The Morgan fingerprint density at radius 3 is 2.47 bits per heavy atom. The number of hydrogen-bond acceptors (Lipinski definition) is 6. The van der Waals surface area contributed by atoms with Crippen LogP contribution in [0.3, 0.4) is 0 Å². The van der Waals surface area contributed by atoms with E-state index in [0.717, 1.165) is 38.2 Å². The summed E-state index contributed by atoms with van der Waals surface area (Å²) in [5, 5.41) is 11.4. The van der Waals surface area contributed by atoms with E-state index in [1.165, 1.54) is 13.2 Å². The molecular formula is C20H22BrF2NO6. The van der Waals surface area contributed by atoms with Gasteiger partial charge in [0, 0.05) is 4.32 Å². The van der Waals surface area contributed by atoms with E-state index >= 15 is 0 Å². The number of halogens is 3. The lowest BCUT2D eigenvalue weighted by Crippen LogP contribution is -2.56. The van der Waals surface area contributed by atoms with Crippen molar-refractivity contribution in [1.82, 2.24) is 0 Å². The number of hydrogen-bond donors (Lipinski definition) is 0. The van der Waals surface area contributed by atoms with E-state index in [9.17, 15) is 23.7 Å². The van der Waals surface area contributed by atoms with E-state index in [-0.39, 0.29) is 28.2 Å². The zero-order valence-electron chi connectivity index (χ0n) is 16.4. The van der Waals surface area contributed by atoms with Crippen LogP contribution in [0, 0.1) is 27.4 Å². The molecule has 1 aromatic carbocycles. The predicted molar refractivity (Wildman–Crippen MR) is 105 cm³/mol. The van der Waals surface area contributed by atoms with E-state index in [0.29, 0.717) is 18.3 Å². The van der Waals surface area contributed by atoms with Crippen molar-refractivity contribution in [3.63, 3.8) is 0 Å². The third-order valence-corrected chi connectivity index (χ3v) is 7.49. The topological polar surface area (TPSA) is 87.9 Å². The highest BCUT2D eigenvalue weighted by Gasteiger charge is 2.60. The average molecular weight is 490 g/mol. The molecule has 4 aliphatic carbocycles. The molecule has 2 unspecified atom stereocenters. The highest BCUT2D eigenvalue weighted by atomic mass is 79.9. The molecular weight excluding hydrogens is 468 g/mol. The maximum absolute atomic E-state index is 13.1. The molecule has 7 nitrogen and oxygen atoms in total. The Hall–Kier alpha value is -1.97. The molecule has 0 heterocycles. The summed E-state index contributed by atoms with van der Waals surface area (Å²) in [4.78, 5) is 23.8. The molecule has 4 saturated carbocycles. The second kappa shape index (κ2) is 7.62. The summed E-state index contributed by atoms with van der Waals surface area (Å²) in [5.74, 6) is 0.0797. The van der Waals surface area contributed by atoms with E-state index in [4.69, 9.17) is 9.47 Å². The van der Waals surface area contributed by atoms with Gasteiger partial charge in [0.25, 0.3) is 5.69 Å². The Morgan fingerprint density at radius 2 is 1.93 bits per heavy atom. The lowest BCUT2D eigenvalue weighted by molar-refractivity contribution is -0.386. The Bertz CT molecular complexity index is 865. The molecule has 0 radical (unpaired) electrons. The van der Waals surface area contributed by atoms with Crippen LogP contribution < -0.4 is 9.47 Å². The quantitative estimate of drug-likeness (QED) is 0.232. The molecule has 164 valence electrons. The largest absolute Gasteiger partial charge is 0.493 e. The van der Waals surface area contributed by atoms with Crippen LogP contribution in [0.5, 0.6) is 11.5 Å². The molecule has 10 heteroatoms. The fraction of sp³-hybridized carbons (Fsp3) is 0.650. The van der Waals surface area contributed by atoms with Crippen molar-refractivity contribution in [2.75, 3.05) is 7.11 Å². The highest BCUT2D eigenvalue weighted by molar-refractivity contribution is 9.10. The SMILES string of the molecule is COc1cc(COC(=O)C23CC4CC(CC(Br)(C4)C2)C3)c([N+](=O)[O-])cc1OC(F)F. The van der Waals surface area contributed by atoms with Crippen molar-refractivity contribution in [3.05, 3.63) is 27.8 Å². The van der Waals surface area contributed by atoms with E-state index in [1.807, 2.05) is 0 Å². The van der Waals surface area contributed by atoms with Crippen molar-refractivity contribution < 1.29 is 32.7 Å². The van der Waals surface area contributed by atoms with Crippen LogP contribution in [0.15, 0.2) is 12.1 Å². The van der Waals surface area contributed by atoms with Gasteiger partial charge in [-0.05, 0) is 56.4 Å². The first-order valence-electron chi connectivity index (χ1n) is 9.79. The molecule has 4 fully saturated rings. The first kappa shape index (κ1) is 21.3. The van der Waals surface area contributed by atoms with Gasteiger partial charge in [0.2, 0.25) is 0 Å². The normalized spacial score (nSPS) is 31.6. The summed E-state index contributed by atoms with van der Waals surface area (Å²) in [6.45, 7) is -3.50. The number of esters is 1. The smallest absolute Gasteiger partial charge is 0.387 e. The first-order chi connectivity index (χ1) is 14.1. The molecule has 4 bridgehead atoms. The number of carbonyl (C=O) groups is 1. The van der Waals surface area contributed by atoms with Gasteiger partial charge < -0.3 is 14.2 Å². The van der Waals surface area contributed by atoms with Crippen LogP contribution in [0.4, 0.5) is 14.5 Å². The van der Waals surface area contributed by atoms with Crippen LogP contribution in [0.1, 0.15) is 44.1 Å². The molecule has 0 saturated heterocycles. The van der Waals surface area contributed by atoms with Gasteiger partial charge in [-0.25, -0.2) is 0 Å². The van der Waals surface area contributed by atoms with E-state index < -0.39 is 28.4 Å². The maximum atomic E-state index is 13.1. The summed E-state index contributed by atoms with van der Waals surface area (Å²) in [5.41, 5.74) is -0.975. The zero-order valence-corrected chi connectivity index (χ0v) is 18.0. The number of nitro groups is 1. The van der Waals surface area contributed by atoms with Gasteiger partial charge in [-0.15, -0.1) is 0 Å². The Balaban J connectivity index is 1.54. The number of rotatable bonds is 7. The maximum Gasteiger partial charge on any atom is 0.387 e. The molecule has 0 aromatic heterocycles. The minimum atomic E-state index is -3.16. The van der Waals surface area contributed by atoms with Gasteiger partial charge in [-0.3, -0.25) is 14.9 Å². The van der Waals surface area contributed by atoms with Crippen molar-refractivity contribution in [1.29, 1.82) is 0 Å². The predicted octanol–water partition coefficient (Wildman–Crippen LogP) is 4.98. The first-order valence-corrected chi connectivity index (χ1v) is 10.6. The summed E-state index contributed by atoms with van der Waals surface area (Å²) in [6, 6.07) is 2.07. The monoisotopic (exact) mass is 489 g/mol. The van der Waals surface area contributed by atoms with Crippen molar-refractivity contribution in [2.45, 2.75) is 56.1 Å². The number of benzene rings is 1. The molecule has 0 N–H and O–H groups in total. The Morgan fingerprint density at radius 1 is 1.27 bits per heavy atom. The van der Waals surface area contributed by atoms with Crippen LogP contribution in [0.2, 0.25) is 0 Å². The van der Waals surface area contributed by atoms with Crippen LogP contribution in [-0.2, 0) is 16.1 Å². The van der Waals surface area contributed by atoms with Gasteiger partial charge in [0.1, 0.15) is 6.61 Å². The third-order valence-electron chi connectivity index (χ3n) is 6.56. The van der Waals surface area contributed by atoms with Gasteiger partial charge in [0.15, 0.2) is 11.5 Å². The van der Waals surface area contributed by atoms with Gasteiger partial charge in [-0.1, -0.05) is 15.9 Å². The van der Waals surface area contributed by atoms with Crippen molar-refractivity contribution in [3.8, 4) is 11.5 Å². The van der Waals surface area contributed by atoms with Crippen LogP contribution in [-0.4, -0.2) is 28.9 Å². The number of nitrogens with zero attached hydrogens (tertiary/aromatic N) is 1. The molecule has 5 rings (SSSR count).